The minimum absolute atomic E-state index is 0.0912. The monoisotopic (exact) mass is 569 g/mol. The Kier molecular flexibility index (Phi) is 9.77. The molecule has 210 valence electrons. The second-order valence-electron chi connectivity index (χ2n) is 9.09. The molecule has 0 saturated carbocycles. The molecule has 7 nitrogen and oxygen atoms in total. The lowest BCUT2D eigenvalue weighted by atomic mass is 10.0. The highest BCUT2D eigenvalue weighted by Gasteiger charge is 2.23. The fraction of sp³-hybridized carbons (Fsp3) is 0.182. The smallest absolute Gasteiger partial charge is 0.338 e. The van der Waals surface area contributed by atoms with Gasteiger partial charge in [-0.05, 0) is 80.9 Å². The summed E-state index contributed by atoms with van der Waals surface area (Å²) in [5.74, 6) is -1.22. The van der Waals surface area contributed by atoms with Crippen LogP contribution >= 0.6 is 11.6 Å². The molecule has 0 bridgehead atoms. The number of carboxylic acids is 1. The Morgan fingerprint density at radius 1 is 0.902 bits per heavy atom. The van der Waals surface area contributed by atoms with Gasteiger partial charge in [0.1, 0.15) is 11.4 Å². The first-order valence-corrected chi connectivity index (χ1v) is 13.8. The zero-order chi connectivity index (χ0) is 29.4. The minimum Gasteiger partial charge on any atom is -0.493 e. The zero-order valence-electron chi connectivity index (χ0n) is 23.3. The second kappa shape index (κ2) is 13.6. The van der Waals surface area contributed by atoms with Crippen LogP contribution in [-0.2, 0) is 0 Å². The molecule has 0 unspecified atom stereocenters. The predicted octanol–water partition coefficient (Wildman–Crippen LogP) is 7.52. The molecular weight excluding hydrogens is 538 g/mol. The molecule has 0 fully saturated rings. The third-order valence-electron chi connectivity index (χ3n) is 6.57. The van der Waals surface area contributed by atoms with E-state index in [9.17, 15) is 14.7 Å². The summed E-state index contributed by atoms with van der Waals surface area (Å²) < 4.78 is 7.75. The van der Waals surface area contributed by atoms with Gasteiger partial charge in [-0.1, -0.05) is 29.8 Å². The van der Waals surface area contributed by atoms with Crippen molar-refractivity contribution in [2.45, 2.75) is 20.8 Å². The van der Waals surface area contributed by atoms with Crippen molar-refractivity contribution in [2.24, 2.45) is 0 Å². The number of nitrogens with zero attached hydrogens (tertiary/aromatic N) is 3. The van der Waals surface area contributed by atoms with Gasteiger partial charge in [-0.25, -0.2) is 4.79 Å². The van der Waals surface area contributed by atoms with Gasteiger partial charge < -0.3 is 19.1 Å². The van der Waals surface area contributed by atoms with Crippen molar-refractivity contribution in [3.05, 3.63) is 119 Å². The molecule has 0 aliphatic heterocycles. The van der Waals surface area contributed by atoms with Crippen molar-refractivity contribution in [1.29, 1.82) is 0 Å². The highest BCUT2D eigenvalue weighted by Crippen LogP contribution is 2.28. The van der Waals surface area contributed by atoms with Crippen molar-refractivity contribution in [2.75, 3.05) is 24.6 Å². The van der Waals surface area contributed by atoms with Crippen LogP contribution in [0.3, 0.4) is 0 Å². The average Bonchev–Trinajstić information content (AvgIpc) is 3.43. The van der Waals surface area contributed by atoms with E-state index in [0.717, 1.165) is 23.8 Å². The van der Waals surface area contributed by atoms with E-state index in [4.69, 9.17) is 16.3 Å². The van der Waals surface area contributed by atoms with Crippen LogP contribution in [-0.4, -0.2) is 45.9 Å². The van der Waals surface area contributed by atoms with Crippen LogP contribution in [0.2, 0.25) is 5.02 Å². The van der Waals surface area contributed by atoms with E-state index in [2.05, 4.69) is 52.7 Å². The van der Waals surface area contributed by atoms with Crippen molar-refractivity contribution < 1.29 is 19.4 Å². The molecule has 0 saturated heterocycles. The number of halogens is 1. The number of carbonyl (C=O) groups excluding carboxylic acids is 1. The molecule has 0 aliphatic carbocycles. The molecule has 0 amide bonds. The van der Waals surface area contributed by atoms with E-state index >= 15 is 0 Å². The summed E-state index contributed by atoms with van der Waals surface area (Å²) in [5.41, 5.74) is 4.64. The highest BCUT2D eigenvalue weighted by molar-refractivity contribution is 6.30. The van der Waals surface area contributed by atoms with Crippen LogP contribution in [0, 0.1) is 0 Å². The van der Waals surface area contributed by atoms with Gasteiger partial charge in [0.05, 0.1) is 17.7 Å². The van der Waals surface area contributed by atoms with Gasteiger partial charge in [0.15, 0.2) is 0 Å². The van der Waals surface area contributed by atoms with Crippen LogP contribution in [0.5, 0.6) is 5.75 Å². The first kappa shape index (κ1) is 29.4. The standard InChI is InChI=1S/C19H22N2O4.C14H10ClN/c1-4-21(5-2)13-9-10-14(16(12-13)25-6-3)18(22)17-15(19(23)24)8-7-11-20-17;15-13-6-4-11(5-7-13)12-9-14-3-1-2-8-16(14)10-12/h7-12H,4-6H2,1-3H3,(H,23,24);1-10H. The van der Waals surface area contributed by atoms with Crippen molar-refractivity contribution in [1.82, 2.24) is 9.38 Å². The Morgan fingerprint density at radius 3 is 2.32 bits per heavy atom. The Balaban J connectivity index is 0.000000206. The lowest BCUT2D eigenvalue weighted by Crippen LogP contribution is -2.22. The van der Waals surface area contributed by atoms with E-state index in [1.165, 1.54) is 35.0 Å². The maximum absolute atomic E-state index is 12.9. The number of ketones is 1. The number of hydrogen-bond acceptors (Lipinski definition) is 5. The molecule has 2 aromatic carbocycles. The Labute approximate surface area is 244 Å². The van der Waals surface area contributed by atoms with E-state index in [0.29, 0.717) is 17.9 Å². The Morgan fingerprint density at radius 2 is 1.66 bits per heavy atom. The molecule has 5 aromatic rings. The van der Waals surface area contributed by atoms with Gasteiger partial charge in [-0.15, -0.1) is 0 Å². The topological polar surface area (TPSA) is 84.1 Å². The number of pyridine rings is 2. The maximum Gasteiger partial charge on any atom is 0.338 e. The first-order valence-electron chi connectivity index (χ1n) is 13.4. The predicted molar refractivity (Wildman–Crippen MR) is 164 cm³/mol. The molecular formula is C33H32ClN3O4. The van der Waals surface area contributed by atoms with Crippen LogP contribution in [0.15, 0.2) is 97.5 Å². The largest absolute Gasteiger partial charge is 0.493 e. The van der Waals surface area contributed by atoms with Crippen LogP contribution in [0.4, 0.5) is 5.69 Å². The van der Waals surface area contributed by atoms with Crippen LogP contribution < -0.4 is 9.64 Å². The molecule has 1 N–H and O–H groups in total. The molecule has 3 aromatic heterocycles. The number of benzene rings is 2. The van der Waals surface area contributed by atoms with Crippen LogP contribution in [0.1, 0.15) is 47.2 Å². The van der Waals surface area contributed by atoms with E-state index in [1.54, 1.807) is 6.07 Å². The SMILES string of the molecule is CCOc1cc(N(CC)CC)ccc1C(=O)c1ncccc1C(=O)O.Clc1ccc(-c2cc3ccccn3c2)cc1. The summed E-state index contributed by atoms with van der Waals surface area (Å²) in [4.78, 5) is 30.3. The Hall–Kier alpha value is -4.62. The maximum atomic E-state index is 12.9. The lowest BCUT2D eigenvalue weighted by Gasteiger charge is -2.22. The summed E-state index contributed by atoms with van der Waals surface area (Å²) >= 11 is 5.87. The van der Waals surface area contributed by atoms with Gasteiger partial charge in [0, 0.05) is 59.5 Å². The second-order valence-corrected chi connectivity index (χ2v) is 9.52. The number of aromatic nitrogens is 2. The highest BCUT2D eigenvalue weighted by atomic mass is 35.5. The molecule has 0 aliphatic rings. The number of anilines is 1. The molecule has 3 heterocycles. The van der Waals surface area contributed by atoms with Gasteiger partial charge >= 0.3 is 5.97 Å². The summed E-state index contributed by atoms with van der Waals surface area (Å²) in [7, 11) is 0. The van der Waals surface area contributed by atoms with Gasteiger partial charge in [-0.2, -0.15) is 0 Å². The minimum atomic E-state index is -1.19. The number of aromatic carboxylic acids is 1. The summed E-state index contributed by atoms with van der Waals surface area (Å²) in [5, 5.41) is 10.1. The molecule has 0 radical (unpaired) electrons. The van der Waals surface area contributed by atoms with E-state index < -0.39 is 11.8 Å². The fourth-order valence-electron chi connectivity index (χ4n) is 4.50. The average molecular weight is 570 g/mol. The summed E-state index contributed by atoms with van der Waals surface area (Å²) in [6.07, 6.45) is 5.58. The van der Waals surface area contributed by atoms with Crippen molar-refractivity contribution in [3.63, 3.8) is 0 Å². The molecule has 41 heavy (non-hydrogen) atoms. The third kappa shape index (κ3) is 6.94. The summed E-state index contributed by atoms with van der Waals surface area (Å²) in [6, 6.07) is 24.4. The van der Waals surface area contributed by atoms with E-state index in [1.807, 2.05) is 55.5 Å². The van der Waals surface area contributed by atoms with Crippen molar-refractivity contribution in [3.8, 4) is 16.9 Å². The number of rotatable bonds is 9. The molecule has 0 atom stereocenters. The van der Waals surface area contributed by atoms with Gasteiger partial charge in [0.2, 0.25) is 5.78 Å². The quantitative estimate of drug-likeness (QED) is 0.185. The van der Waals surface area contributed by atoms with Gasteiger partial charge in [-0.3, -0.25) is 9.78 Å². The first-order chi connectivity index (χ1) is 19.9. The number of carboxylic acid groups (broad SMARTS) is 1. The van der Waals surface area contributed by atoms with Gasteiger partial charge in [0.25, 0.3) is 0 Å². The van der Waals surface area contributed by atoms with Crippen molar-refractivity contribution >= 4 is 34.6 Å². The lowest BCUT2D eigenvalue weighted by molar-refractivity contribution is 0.0692. The number of hydrogen-bond donors (Lipinski definition) is 1. The normalized spacial score (nSPS) is 10.5. The summed E-state index contributed by atoms with van der Waals surface area (Å²) in [6.45, 7) is 8.00. The fourth-order valence-corrected chi connectivity index (χ4v) is 4.63. The third-order valence-corrected chi connectivity index (χ3v) is 6.83. The van der Waals surface area contributed by atoms with E-state index in [-0.39, 0.29) is 11.3 Å². The molecule has 5 rings (SSSR count). The Bertz CT molecular complexity index is 1610. The molecule has 0 spiro atoms. The van der Waals surface area contributed by atoms with Crippen LogP contribution in [0.25, 0.3) is 16.6 Å². The number of ether oxygens (including phenoxy) is 1. The molecule has 8 heteroatoms. The zero-order valence-corrected chi connectivity index (χ0v) is 24.0. The number of fused-ring (bicyclic) bond motifs is 1. The number of carbonyl (C=O) groups is 2.